The van der Waals surface area contributed by atoms with Crippen LogP contribution in [0.25, 0.3) is 0 Å². The van der Waals surface area contributed by atoms with Crippen molar-refractivity contribution in [3.63, 3.8) is 0 Å². The molecule has 6 heteroatoms. The van der Waals surface area contributed by atoms with Gasteiger partial charge in [0, 0.05) is 32.3 Å². The van der Waals surface area contributed by atoms with Crippen molar-refractivity contribution in [2.24, 2.45) is 5.73 Å². The molecular weight excluding hydrogens is 258 g/mol. The fraction of sp³-hybridized carbons (Fsp3) is 0.929. The number of hydrogen-bond acceptors (Lipinski definition) is 5. The molecule has 0 aromatic rings. The topological polar surface area (TPSA) is 85.6 Å². The van der Waals surface area contributed by atoms with Crippen molar-refractivity contribution in [1.29, 1.82) is 0 Å². The van der Waals surface area contributed by atoms with Crippen molar-refractivity contribution in [1.82, 2.24) is 10.6 Å². The summed E-state index contributed by atoms with van der Waals surface area (Å²) in [6.07, 6.45) is 2.96. The number of rotatable bonds is 7. The van der Waals surface area contributed by atoms with E-state index in [1.54, 1.807) is 0 Å². The van der Waals surface area contributed by atoms with Crippen molar-refractivity contribution in [3.05, 3.63) is 0 Å². The van der Waals surface area contributed by atoms with E-state index in [-0.39, 0.29) is 12.1 Å². The number of amides is 1. The van der Waals surface area contributed by atoms with Crippen LogP contribution in [0.1, 0.15) is 40.0 Å². The summed E-state index contributed by atoms with van der Waals surface area (Å²) in [5.74, 6) is 0. The van der Waals surface area contributed by atoms with Crippen LogP contribution in [0.2, 0.25) is 0 Å². The Balaban J connectivity index is 2.12. The molecule has 0 saturated carbocycles. The fourth-order valence-corrected chi connectivity index (χ4v) is 2.07. The first-order chi connectivity index (χ1) is 9.40. The second kappa shape index (κ2) is 8.44. The molecule has 1 rings (SSSR count). The minimum Gasteiger partial charge on any atom is -0.444 e. The first-order valence-electron chi connectivity index (χ1n) is 7.42. The lowest BCUT2D eigenvalue weighted by molar-refractivity contribution is 0.0525. The number of nitrogens with two attached hydrogens (primary N) is 1. The summed E-state index contributed by atoms with van der Waals surface area (Å²) in [5, 5.41) is 6.14. The molecule has 4 N–H and O–H groups in total. The Morgan fingerprint density at radius 3 is 2.80 bits per heavy atom. The van der Waals surface area contributed by atoms with Crippen LogP contribution in [0.5, 0.6) is 0 Å². The minimum absolute atomic E-state index is 0.189. The number of carbonyl (C=O) groups excluding carboxylic acids is 1. The number of nitrogens with one attached hydrogen (secondary N) is 2. The van der Waals surface area contributed by atoms with Crippen LogP contribution in [0, 0.1) is 0 Å². The highest BCUT2D eigenvalue weighted by Crippen LogP contribution is 2.11. The predicted octanol–water partition coefficient (Wildman–Crippen LogP) is 0.997. The standard InChI is InChI=1S/C14H29N3O3/c1-14(2,3)20-13(18)16-7-6-11(9-15)17-10-12-5-4-8-19-12/h11-12,17H,4-10,15H2,1-3H3,(H,16,18). The van der Waals surface area contributed by atoms with E-state index in [4.69, 9.17) is 15.2 Å². The van der Waals surface area contributed by atoms with Gasteiger partial charge in [-0.2, -0.15) is 0 Å². The lowest BCUT2D eigenvalue weighted by Gasteiger charge is -2.21. The molecule has 1 heterocycles. The summed E-state index contributed by atoms with van der Waals surface area (Å²) in [6, 6.07) is 0.189. The highest BCUT2D eigenvalue weighted by Gasteiger charge is 2.18. The van der Waals surface area contributed by atoms with Gasteiger partial charge in [0.2, 0.25) is 0 Å². The Bertz CT molecular complexity index is 286. The van der Waals surface area contributed by atoms with Gasteiger partial charge in [-0.25, -0.2) is 4.79 Å². The maximum atomic E-state index is 11.5. The van der Waals surface area contributed by atoms with Crippen LogP contribution < -0.4 is 16.4 Å². The van der Waals surface area contributed by atoms with Gasteiger partial charge >= 0.3 is 6.09 Å². The molecule has 1 amide bonds. The average molecular weight is 287 g/mol. The minimum atomic E-state index is -0.463. The van der Waals surface area contributed by atoms with Crippen LogP contribution in [0.15, 0.2) is 0 Å². The smallest absolute Gasteiger partial charge is 0.407 e. The van der Waals surface area contributed by atoms with Gasteiger partial charge in [0.15, 0.2) is 0 Å². The van der Waals surface area contributed by atoms with Crippen LogP contribution in [0.4, 0.5) is 4.79 Å². The van der Waals surface area contributed by atoms with Crippen molar-refractivity contribution in [3.8, 4) is 0 Å². The average Bonchev–Trinajstić information content (AvgIpc) is 2.84. The number of ether oxygens (including phenoxy) is 2. The summed E-state index contributed by atoms with van der Waals surface area (Å²) in [5.41, 5.74) is 5.27. The molecule has 1 fully saturated rings. The highest BCUT2D eigenvalue weighted by atomic mass is 16.6. The number of alkyl carbamates (subject to hydrolysis) is 1. The molecule has 1 saturated heterocycles. The van der Waals surface area contributed by atoms with Crippen LogP contribution in [-0.2, 0) is 9.47 Å². The van der Waals surface area contributed by atoms with E-state index >= 15 is 0 Å². The molecule has 2 unspecified atom stereocenters. The summed E-state index contributed by atoms with van der Waals surface area (Å²) < 4.78 is 10.7. The zero-order valence-electron chi connectivity index (χ0n) is 12.9. The SMILES string of the molecule is CC(C)(C)OC(=O)NCCC(CN)NCC1CCCO1. The van der Waals surface area contributed by atoms with Gasteiger partial charge in [-0.3, -0.25) is 0 Å². The second-order valence-corrected chi connectivity index (χ2v) is 6.19. The van der Waals surface area contributed by atoms with E-state index in [0.717, 1.165) is 32.4 Å². The quantitative estimate of drug-likeness (QED) is 0.650. The third-order valence-corrected chi connectivity index (χ3v) is 3.10. The van der Waals surface area contributed by atoms with Crippen molar-refractivity contribution >= 4 is 6.09 Å². The van der Waals surface area contributed by atoms with E-state index in [2.05, 4.69) is 10.6 Å². The maximum Gasteiger partial charge on any atom is 0.407 e. The van der Waals surface area contributed by atoms with E-state index in [0.29, 0.717) is 19.2 Å². The molecular formula is C14H29N3O3. The second-order valence-electron chi connectivity index (χ2n) is 6.19. The summed E-state index contributed by atoms with van der Waals surface area (Å²) in [6.45, 7) is 8.32. The molecule has 1 aliphatic rings. The van der Waals surface area contributed by atoms with E-state index < -0.39 is 5.60 Å². The lowest BCUT2D eigenvalue weighted by atomic mass is 10.2. The third kappa shape index (κ3) is 7.67. The Labute approximate surface area is 121 Å². The maximum absolute atomic E-state index is 11.5. The van der Waals surface area contributed by atoms with Crippen LogP contribution >= 0.6 is 0 Å². The molecule has 20 heavy (non-hydrogen) atoms. The Kier molecular flexibility index (Phi) is 7.26. The monoisotopic (exact) mass is 287 g/mol. The van der Waals surface area contributed by atoms with Gasteiger partial charge in [-0.1, -0.05) is 0 Å². The molecule has 0 aromatic carbocycles. The zero-order chi connectivity index (χ0) is 15.0. The predicted molar refractivity (Wildman–Crippen MR) is 78.7 cm³/mol. The molecule has 2 atom stereocenters. The van der Waals surface area contributed by atoms with Crippen molar-refractivity contribution in [2.75, 3.05) is 26.2 Å². The number of hydrogen-bond donors (Lipinski definition) is 3. The molecule has 0 aliphatic carbocycles. The highest BCUT2D eigenvalue weighted by molar-refractivity contribution is 5.67. The van der Waals surface area contributed by atoms with E-state index in [1.807, 2.05) is 20.8 Å². The third-order valence-electron chi connectivity index (χ3n) is 3.10. The van der Waals surface area contributed by atoms with Gasteiger partial charge < -0.3 is 25.8 Å². The summed E-state index contributed by atoms with van der Waals surface area (Å²) in [7, 11) is 0. The molecule has 0 bridgehead atoms. The molecule has 0 spiro atoms. The summed E-state index contributed by atoms with van der Waals surface area (Å²) >= 11 is 0. The Morgan fingerprint density at radius 1 is 1.50 bits per heavy atom. The van der Waals surface area contributed by atoms with E-state index in [1.165, 1.54) is 0 Å². The van der Waals surface area contributed by atoms with Gasteiger partial charge in [-0.15, -0.1) is 0 Å². The molecule has 1 aliphatic heterocycles. The zero-order valence-corrected chi connectivity index (χ0v) is 12.9. The molecule has 0 radical (unpaired) electrons. The Morgan fingerprint density at radius 2 is 2.25 bits per heavy atom. The van der Waals surface area contributed by atoms with Gasteiger partial charge in [0.1, 0.15) is 5.60 Å². The van der Waals surface area contributed by atoms with E-state index in [9.17, 15) is 4.79 Å². The van der Waals surface area contributed by atoms with Gasteiger partial charge in [0.25, 0.3) is 0 Å². The van der Waals surface area contributed by atoms with Crippen LogP contribution in [-0.4, -0.2) is 50.1 Å². The fourth-order valence-electron chi connectivity index (χ4n) is 2.07. The summed E-state index contributed by atoms with van der Waals surface area (Å²) in [4.78, 5) is 11.5. The van der Waals surface area contributed by atoms with Crippen LogP contribution in [0.3, 0.4) is 0 Å². The number of carbonyl (C=O) groups is 1. The normalized spacial score (nSPS) is 20.7. The molecule has 6 nitrogen and oxygen atoms in total. The first-order valence-corrected chi connectivity index (χ1v) is 7.42. The Hall–Kier alpha value is -0.850. The lowest BCUT2D eigenvalue weighted by Crippen LogP contribution is -2.43. The van der Waals surface area contributed by atoms with Gasteiger partial charge in [0.05, 0.1) is 6.10 Å². The van der Waals surface area contributed by atoms with Crippen molar-refractivity contribution < 1.29 is 14.3 Å². The molecule has 118 valence electrons. The van der Waals surface area contributed by atoms with Gasteiger partial charge in [-0.05, 0) is 40.0 Å². The molecule has 0 aromatic heterocycles. The van der Waals surface area contributed by atoms with Crippen molar-refractivity contribution in [2.45, 2.75) is 57.8 Å². The largest absolute Gasteiger partial charge is 0.444 e. The first kappa shape index (κ1) is 17.2.